The zero-order valence-electron chi connectivity index (χ0n) is 10.5. The van der Waals surface area contributed by atoms with Crippen molar-refractivity contribution in [2.75, 3.05) is 11.9 Å². The molecule has 116 valence electrons. The number of carboxylic acid groups (broad SMARTS) is 1. The number of aromatic nitrogens is 2. The number of rotatable bonds is 3. The van der Waals surface area contributed by atoms with Gasteiger partial charge in [-0.25, -0.2) is 9.59 Å². The first-order chi connectivity index (χ1) is 9.85. The highest BCUT2D eigenvalue weighted by atomic mass is 16.6. The first-order valence-corrected chi connectivity index (χ1v) is 5.83. The molecule has 0 unspecified atom stereocenters. The average Bonchev–Trinajstić information content (AvgIpc) is 2.69. The SMILES string of the molecule is O=C(O)Nc1cn([C@@H]2O[C@H](CO)[C@@H](O)[C@H]2O)c(=O)[nH]c1=O. The predicted molar refractivity (Wildman–Crippen MR) is 66.0 cm³/mol. The fourth-order valence-electron chi connectivity index (χ4n) is 1.99. The molecule has 1 fully saturated rings. The monoisotopic (exact) mass is 303 g/mol. The first kappa shape index (κ1) is 15.2. The quantitative estimate of drug-likeness (QED) is 0.348. The van der Waals surface area contributed by atoms with Gasteiger partial charge in [0, 0.05) is 6.20 Å². The van der Waals surface area contributed by atoms with Gasteiger partial charge in [-0.05, 0) is 0 Å². The van der Waals surface area contributed by atoms with Gasteiger partial charge in [0.15, 0.2) is 6.23 Å². The molecule has 11 heteroatoms. The highest BCUT2D eigenvalue weighted by Gasteiger charge is 2.43. The highest BCUT2D eigenvalue weighted by Crippen LogP contribution is 2.28. The van der Waals surface area contributed by atoms with Gasteiger partial charge in [0.1, 0.15) is 24.0 Å². The molecule has 1 amide bonds. The van der Waals surface area contributed by atoms with Crippen molar-refractivity contribution in [3.8, 4) is 0 Å². The number of nitrogens with one attached hydrogen (secondary N) is 2. The van der Waals surface area contributed by atoms with Crippen LogP contribution in [0.1, 0.15) is 6.23 Å². The molecule has 0 aromatic carbocycles. The molecule has 4 atom stereocenters. The minimum atomic E-state index is -1.54. The van der Waals surface area contributed by atoms with Crippen LogP contribution in [0.25, 0.3) is 0 Å². The van der Waals surface area contributed by atoms with Crippen molar-refractivity contribution >= 4 is 11.8 Å². The number of anilines is 1. The summed E-state index contributed by atoms with van der Waals surface area (Å²) in [5.74, 6) is 0. The lowest BCUT2D eigenvalue weighted by Gasteiger charge is -2.17. The van der Waals surface area contributed by atoms with Gasteiger partial charge in [0.05, 0.1) is 6.61 Å². The number of amides is 1. The standard InChI is InChI=1S/C10H13N3O8/c14-2-4-5(15)6(16)8(21-4)13-1-3(11-10(19)20)7(17)12-9(13)18/h1,4-6,8,11,14-16H,2H2,(H,19,20)(H,12,17,18)/t4-,5-,6-,8-/m1/s1. The number of nitrogens with zero attached hydrogens (tertiary/aromatic N) is 1. The van der Waals surface area contributed by atoms with Crippen LogP contribution in [-0.2, 0) is 4.74 Å². The zero-order chi connectivity index (χ0) is 15.7. The summed E-state index contributed by atoms with van der Waals surface area (Å²) in [6, 6.07) is 0. The summed E-state index contributed by atoms with van der Waals surface area (Å²) in [6.07, 6.45) is -6.14. The Morgan fingerprint density at radius 2 is 2.05 bits per heavy atom. The maximum atomic E-state index is 11.7. The minimum absolute atomic E-state index is 0.458. The minimum Gasteiger partial charge on any atom is -0.465 e. The largest absolute Gasteiger partial charge is 0.465 e. The lowest BCUT2D eigenvalue weighted by atomic mass is 10.1. The van der Waals surface area contributed by atoms with Crippen LogP contribution in [0.5, 0.6) is 0 Å². The van der Waals surface area contributed by atoms with E-state index >= 15 is 0 Å². The van der Waals surface area contributed by atoms with Crippen LogP contribution in [0.2, 0.25) is 0 Å². The van der Waals surface area contributed by atoms with Crippen molar-refractivity contribution < 1.29 is 30.0 Å². The van der Waals surface area contributed by atoms with Gasteiger partial charge in [0.25, 0.3) is 5.56 Å². The van der Waals surface area contributed by atoms with Crippen molar-refractivity contribution in [2.24, 2.45) is 0 Å². The average molecular weight is 303 g/mol. The summed E-state index contributed by atoms with van der Waals surface area (Å²) >= 11 is 0. The molecule has 0 aliphatic carbocycles. The second-order valence-corrected chi connectivity index (χ2v) is 4.37. The summed E-state index contributed by atoms with van der Waals surface area (Å²) in [4.78, 5) is 35.5. The van der Waals surface area contributed by atoms with E-state index in [9.17, 15) is 24.6 Å². The van der Waals surface area contributed by atoms with Gasteiger partial charge in [-0.1, -0.05) is 0 Å². The second-order valence-electron chi connectivity index (χ2n) is 4.37. The molecular formula is C10H13N3O8. The number of carbonyl (C=O) groups is 1. The summed E-state index contributed by atoms with van der Waals surface area (Å²) in [5.41, 5.74) is -2.39. The highest BCUT2D eigenvalue weighted by molar-refractivity contribution is 5.82. The van der Waals surface area contributed by atoms with Gasteiger partial charge in [-0.2, -0.15) is 0 Å². The fraction of sp³-hybridized carbons (Fsp3) is 0.500. The molecule has 21 heavy (non-hydrogen) atoms. The van der Waals surface area contributed by atoms with Gasteiger partial charge >= 0.3 is 11.8 Å². The number of aliphatic hydroxyl groups excluding tert-OH is 3. The molecule has 6 N–H and O–H groups in total. The van der Waals surface area contributed by atoms with E-state index in [1.54, 1.807) is 5.32 Å². The number of hydrogen-bond donors (Lipinski definition) is 6. The molecule has 11 nitrogen and oxygen atoms in total. The fourth-order valence-corrected chi connectivity index (χ4v) is 1.99. The maximum Gasteiger partial charge on any atom is 0.409 e. The number of ether oxygens (including phenoxy) is 1. The third-order valence-corrected chi connectivity index (χ3v) is 3.00. The molecule has 2 heterocycles. The van der Waals surface area contributed by atoms with Crippen molar-refractivity contribution in [3.63, 3.8) is 0 Å². The Morgan fingerprint density at radius 3 is 2.57 bits per heavy atom. The van der Waals surface area contributed by atoms with E-state index in [1.165, 1.54) is 0 Å². The van der Waals surface area contributed by atoms with Gasteiger partial charge in [-0.15, -0.1) is 0 Å². The van der Waals surface area contributed by atoms with Gasteiger partial charge in [-0.3, -0.25) is 19.7 Å². The third-order valence-electron chi connectivity index (χ3n) is 3.00. The Hall–Kier alpha value is -2.21. The Labute approximate surface area is 116 Å². The van der Waals surface area contributed by atoms with Gasteiger partial charge < -0.3 is 25.2 Å². The van der Waals surface area contributed by atoms with E-state index in [2.05, 4.69) is 0 Å². The van der Waals surface area contributed by atoms with Crippen LogP contribution in [-0.4, -0.2) is 61.0 Å². The van der Waals surface area contributed by atoms with E-state index < -0.39 is 54.2 Å². The molecule has 0 saturated carbocycles. The van der Waals surface area contributed by atoms with Crippen LogP contribution >= 0.6 is 0 Å². The molecule has 2 rings (SSSR count). The number of H-pyrrole nitrogens is 1. The predicted octanol–water partition coefficient (Wildman–Crippen LogP) is -2.76. The first-order valence-electron chi connectivity index (χ1n) is 5.83. The Balaban J connectivity index is 2.42. The van der Waals surface area contributed by atoms with Crippen LogP contribution in [0.4, 0.5) is 10.5 Å². The number of hydrogen-bond acceptors (Lipinski definition) is 7. The van der Waals surface area contributed by atoms with Gasteiger partial charge in [0.2, 0.25) is 0 Å². The van der Waals surface area contributed by atoms with E-state index in [0.717, 1.165) is 10.8 Å². The molecule has 0 radical (unpaired) electrons. The topological polar surface area (TPSA) is 174 Å². The Bertz CT molecular complexity index is 652. The van der Waals surface area contributed by atoms with E-state index in [4.69, 9.17) is 14.9 Å². The van der Waals surface area contributed by atoms with Crippen molar-refractivity contribution in [3.05, 3.63) is 27.0 Å². The molecule has 1 aromatic rings. The lowest BCUT2D eigenvalue weighted by molar-refractivity contribution is -0.0549. The third kappa shape index (κ3) is 2.80. The molecule has 0 bridgehead atoms. The smallest absolute Gasteiger partial charge is 0.409 e. The maximum absolute atomic E-state index is 11.7. The normalized spacial score (nSPS) is 28.5. The van der Waals surface area contributed by atoms with E-state index in [-0.39, 0.29) is 0 Å². The molecule has 1 aliphatic heterocycles. The number of aliphatic hydroxyl groups is 3. The van der Waals surface area contributed by atoms with E-state index in [0.29, 0.717) is 0 Å². The summed E-state index contributed by atoms with van der Waals surface area (Å²) in [7, 11) is 0. The molecule has 1 saturated heterocycles. The van der Waals surface area contributed by atoms with Crippen LogP contribution in [0.3, 0.4) is 0 Å². The molecule has 1 aliphatic rings. The molecule has 1 aromatic heterocycles. The summed E-state index contributed by atoms with van der Waals surface area (Å²) < 4.78 is 5.84. The second kappa shape index (κ2) is 5.65. The van der Waals surface area contributed by atoms with E-state index in [1.807, 2.05) is 4.98 Å². The molecule has 0 spiro atoms. The van der Waals surface area contributed by atoms with Crippen molar-refractivity contribution in [1.29, 1.82) is 0 Å². The zero-order valence-corrected chi connectivity index (χ0v) is 10.5. The van der Waals surface area contributed by atoms with Crippen LogP contribution < -0.4 is 16.6 Å². The lowest BCUT2D eigenvalue weighted by Crippen LogP contribution is -2.38. The van der Waals surface area contributed by atoms with Crippen LogP contribution in [0.15, 0.2) is 15.8 Å². The summed E-state index contributed by atoms with van der Waals surface area (Å²) in [6.45, 7) is -0.590. The summed E-state index contributed by atoms with van der Waals surface area (Å²) in [5, 5.41) is 38.8. The Kier molecular flexibility index (Phi) is 4.09. The Morgan fingerprint density at radius 1 is 1.38 bits per heavy atom. The van der Waals surface area contributed by atoms with Crippen LogP contribution in [0, 0.1) is 0 Å². The molecular weight excluding hydrogens is 290 g/mol. The number of aromatic amines is 1. The van der Waals surface area contributed by atoms with Crippen molar-refractivity contribution in [1.82, 2.24) is 9.55 Å². The van der Waals surface area contributed by atoms with Crippen molar-refractivity contribution in [2.45, 2.75) is 24.5 Å².